The van der Waals surface area contributed by atoms with Crippen LogP contribution in [0.15, 0.2) is 18.2 Å². The fourth-order valence-corrected chi connectivity index (χ4v) is 2.72. The number of nitrogens with zero attached hydrogens (tertiary/aromatic N) is 2. The highest BCUT2D eigenvalue weighted by Gasteiger charge is 2.16. The van der Waals surface area contributed by atoms with Crippen molar-refractivity contribution in [3.63, 3.8) is 0 Å². The average molecular weight is 289 g/mol. The van der Waals surface area contributed by atoms with Crippen LogP contribution >= 0.6 is 0 Å². The molecule has 0 radical (unpaired) electrons. The fourth-order valence-electron chi connectivity index (χ4n) is 2.72. The number of imidazole rings is 1. The van der Waals surface area contributed by atoms with Crippen molar-refractivity contribution < 1.29 is 4.74 Å². The predicted molar refractivity (Wildman–Crippen MR) is 88.8 cm³/mol. The van der Waals surface area contributed by atoms with Crippen LogP contribution in [0.5, 0.6) is 5.75 Å². The quantitative estimate of drug-likeness (QED) is 0.725. The molecule has 1 unspecified atom stereocenters. The van der Waals surface area contributed by atoms with E-state index in [0.717, 1.165) is 29.6 Å². The van der Waals surface area contributed by atoms with Crippen molar-refractivity contribution in [3.05, 3.63) is 18.2 Å². The standard InChI is InChI=1S/C17H27N3O/c1-4-6-7-9-13(3)20-14-10-8-11-15(21-12-5-2)16(14)19-17(20)18/h8,10-11,13H,4-7,9,12H2,1-3H3,(H2,18,19). The molecule has 4 nitrogen and oxygen atoms in total. The molecule has 0 fully saturated rings. The van der Waals surface area contributed by atoms with Gasteiger partial charge in [0.15, 0.2) is 0 Å². The van der Waals surface area contributed by atoms with Crippen LogP contribution in [-0.4, -0.2) is 16.2 Å². The molecule has 116 valence electrons. The molecule has 1 aromatic carbocycles. The van der Waals surface area contributed by atoms with E-state index in [9.17, 15) is 0 Å². The van der Waals surface area contributed by atoms with E-state index in [1.807, 2.05) is 12.1 Å². The van der Waals surface area contributed by atoms with Gasteiger partial charge in [0.05, 0.1) is 12.1 Å². The molecule has 4 heteroatoms. The van der Waals surface area contributed by atoms with Gasteiger partial charge in [0.1, 0.15) is 11.3 Å². The monoisotopic (exact) mass is 289 g/mol. The van der Waals surface area contributed by atoms with Crippen LogP contribution in [-0.2, 0) is 0 Å². The number of ether oxygens (including phenoxy) is 1. The van der Waals surface area contributed by atoms with E-state index in [4.69, 9.17) is 10.5 Å². The average Bonchev–Trinajstić information content (AvgIpc) is 2.81. The van der Waals surface area contributed by atoms with Crippen LogP contribution < -0.4 is 10.5 Å². The SMILES string of the molecule is CCCCCC(C)n1c(N)nc2c(OCCC)cccc21. The van der Waals surface area contributed by atoms with E-state index in [1.54, 1.807) is 0 Å². The van der Waals surface area contributed by atoms with Gasteiger partial charge >= 0.3 is 0 Å². The lowest BCUT2D eigenvalue weighted by molar-refractivity contribution is 0.320. The Morgan fingerprint density at radius 1 is 1.24 bits per heavy atom. The van der Waals surface area contributed by atoms with Crippen LogP contribution in [0.4, 0.5) is 5.95 Å². The summed E-state index contributed by atoms with van der Waals surface area (Å²) in [6.07, 6.45) is 5.84. The number of para-hydroxylation sites is 1. The normalized spacial score (nSPS) is 12.7. The summed E-state index contributed by atoms with van der Waals surface area (Å²) in [5, 5.41) is 0. The van der Waals surface area contributed by atoms with Crippen LogP contribution in [0.3, 0.4) is 0 Å². The van der Waals surface area contributed by atoms with Gasteiger partial charge in [-0.3, -0.25) is 0 Å². The smallest absolute Gasteiger partial charge is 0.201 e. The maximum absolute atomic E-state index is 6.15. The molecule has 1 heterocycles. The Balaban J connectivity index is 2.29. The first-order chi connectivity index (χ1) is 10.2. The van der Waals surface area contributed by atoms with Gasteiger partial charge in [-0.1, -0.05) is 39.2 Å². The molecule has 0 aliphatic carbocycles. The summed E-state index contributed by atoms with van der Waals surface area (Å²) in [6, 6.07) is 6.43. The van der Waals surface area contributed by atoms with Crippen molar-refractivity contribution >= 4 is 17.0 Å². The number of nitrogen functional groups attached to an aromatic ring is 1. The van der Waals surface area contributed by atoms with Gasteiger partial charge in [-0.15, -0.1) is 0 Å². The summed E-state index contributed by atoms with van der Waals surface area (Å²) in [5.41, 5.74) is 8.11. The zero-order valence-electron chi connectivity index (χ0n) is 13.4. The van der Waals surface area contributed by atoms with Crippen LogP contribution in [0.2, 0.25) is 0 Å². The number of unbranched alkanes of at least 4 members (excludes halogenated alkanes) is 2. The van der Waals surface area contributed by atoms with E-state index < -0.39 is 0 Å². The zero-order chi connectivity index (χ0) is 15.2. The molecular formula is C17H27N3O. The molecule has 2 aromatic rings. The summed E-state index contributed by atoms with van der Waals surface area (Å²) < 4.78 is 7.93. The lowest BCUT2D eigenvalue weighted by Crippen LogP contribution is -2.08. The molecule has 0 spiro atoms. The summed E-state index contributed by atoms with van der Waals surface area (Å²) >= 11 is 0. The highest BCUT2D eigenvalue weighted by atomic mass is 16.5. The van der Waals surface area contributed by atoms with Crippen molar-refractivity contribution in [1.82, 2.24) is 9.55 Å². The molecule has 2 N–H and O–H groups in total. The van der Waals surface area contributed by atoms with Gasteiger partial charge in [-0.05, 0) is 31.9 Å². The maximum atomic E-state index is 6.15. The number of benzene rings is 1. The zero-order valence-corrected chi connectivity index (χ0v) is 13.4. The fraction of sp³-hybridized carbons (Fsp3) is 0.588. The summed E-state index contributed by atoms with van der Waals surface area (Å²) in [5.74, 6) is 1.42. The van der Waals surface area contributed by atoms with Crippen molar-refractivity contribution in [3.8, 4) is 5.75 Å². The highest BCUT2D eigenvalue weighted by molar-refractivity contribution is 5.84. The minimum Gasteiger partial charge on any atom is -0.491 e. The van der Waals surface area contributed by atoms with Crippen LogP contribution in [0, 0.1) is 0 Å². The number of aromatic nitrogens is 2. The number of hydrogen-bond acceptors (Lipinski definition) is 3. The van der Waals surface area contributed by atoms with Gasteiger partial charge in [0.25, 0.3) is 0 Å². The summed E-state index contributed by atoms with van der Waals surface area (Å²) in [6.45, 7) is 7.25. The largest absolute Gasteiger partial charge is 0.491 e. The van der Waals surface area contributed by atoms with Gasteiger partial charge in [0.2, 0.25) is 5.95 Å². The third-order valence-corrected chi connectivity index (χ3v) is 3.84. The van der Waals surface area contributed by atoms with E-state index in [-0.39, 0.29) is 0 Å². The molecule has 1 aromatic heterocycles. The number of fused-ring (bicyclic) bond motifs is 1. The molecule has 0 saturated carbocycles. The Bertz CT molecular complexity index is 577. The van der Waals surface area contributed by atoms with E-state index in [1.165, 1.54) is 19.3 Å². The number of anilines is 1. The van der Waals surface area contributed by atoms with Gasteiger partial charge < -0.3 is 15.0 Å². The molecule has 0 amide bonds. The molecule has 2 rings (SSSR count). The third kappa shape index (κ3) is 3.49. The summed E-state index contributed by atoms with van der Waals surface area (Å²) in [4.78, 5) is 4.53. The molecule has 0 bridgehead atoms. The Morgan fingerprint density at radius 2 is 2.05 bits per heavy atom. The first-order valence-corrected chi connectivity index (χ1v) is 8.08. The molecule has 0 aliphatic rings. The van der Waals surface area contributed by atoms with E-state index >= 15 is 0 Å². The predicted octanol–water partition coefficient (Wildman–Crippen LogP) is 4.55. The lowest BCUT2D eigenvalue weighted by Gasteiger charge is -2.16. The molecule has 1 atom stereocenters. The second-order valence-electron chi connectivity index (χ2n) is 5.66. The van der Waals surface area contributed by atoms with Crippen molar-refractivity contribution in [1.29, 1.82) is 0 Å². The molecule has 21 heavy (non-hydrogen) atoms. The third-order valence-electron chi connectivity index (χ3n) is 3.84. The number of nitrogens with two attached hydrogens (primary N) is 1. The van der Waals surface area contributed by atoms with Crippen molar-refractivity contribution in [2.45, 2.75) is 58.9 Å². The van der Waals surface area contributed by atoms with Crippen molar-refractivity contribution in [2.75, 3.05) is 12.3 Å². The van der Waals surface area contributed by atoms with Crippen LogP contribution in [0.25, 0.3) is 11.0 Å². The first kappa shape index (κ1) is 15.7. The first-order valence-electron chi connectivity index (χ1n) is 8.08. The Hall–Kier alpha value is -1.71. The Morgan fingerprint density at radius 3 is 2.76 bits per heavy atom. The minimum absolute atomic E-state index is 0.364. The van der Waals surface area contributed by atoms with Gasteiger partial charge in [-0.25, -0.2) is 4.98 Å². The lowest BCUT2D eigenvalue weighted by atomic mass is 10.1. The van der Waals surface area contributed by atoms with Crippen LogP contribution in [0.1, 0.15) is 58.9 Å². The minimum atomic E-state index is 0.364. The second-order valence-corrected chi connectivity index (χ2v) is 5.66. The Labute approximate surface area is 127 Å². The van der Waals surface area contributed by atoms with Gasteiger partial charge in [-0.2, -0.15) is 0 Å². The maximum Gasteiger partial charge on any atom is 0.201 e. The highest BCUT2D eigenvalue weighted by Crippen LogP contribution is 2.31. The summed E-state index contributed by atoms with van der Waals surface area (Å²) in [7, 11) is 0. The molecule has 0 saturated heterocycles. The number of hydrogen-bond donors (Lipinski definition) is 1. The van der Waals surface area contributed by atoms with Gasteiger partial charge in [0, 0.05) is 6.04 Å². The molecule has 0 aliphatic heterocycles. The van der Waals surface area contributed by atoms with E-state index in [2.05, 4.69) is 36.4 Å². The number of rotatable bonds is 8. The molecular weight excluding hydrogens is 262 g/mol. The van der Waals surface area contributed by atoms with Crippen molar-refractivity contribution in [2.24, 2.45) is 0 Å². The van der Waals surface area contributed by atoms with E-state index in [0.29, 0.717) is 18.6 Å². The Kier molecular flexibility index (Phi) is 5.48. The topological polar surface area (TPSA) is 53.1 Å². The second kappa shape index (κ2) is 7.34.